The topological polar surface area (TPSA) is 29.1 Å². The summed E-state index contributed by atoms with van der Waals surface area (Å²) in [5.41, 5.74) is 2.51. The third-order valence-corrected chi connectivity index (χ3v) is 6.41. The van der Waals surface area contributed by atoms with E-state index in [0.29, 0.717) is 5.92 Å². The van der Waals surface area contributed by atoms with E-state index in [0.717, 1.165) is 5.75 Å². The molecule has 1 N–H and O–H groups in total. The van der Waals surface area contributed by atoms with Crippen molar-refractivity contribution in [3.8, 4) is 0 Å². The number of nitrogens with one attached hydrogen (secondary N) is 1. The van der Waals surface area contributed by atoms with Gasteiger partial charge in [-0.25, -0.2) is 0 Å². The van der Waals surface area contributed by atoms with Gasteiger partial charge in [0.05, 0.1) is 5.25 Å². The molecule has 0 saturated heterocycles. The van der Waals surface area contributed by atoms with Gasteiger partial charge < -0.3 is 5.32 Å². The first kappa shape index (κ1) is 15.7. The van der Waals surface area contributed by atoms with Gasteiger partial charge in [0.15, 0.2) is 0 Å². The molecule has 0 bridgehead atoms. The van der Waals surface area contributed by atoms with Gasteiger partial charge in [0.2, 0.25) is 0 Å². The molecule has 0 amide bonds. The van der Waals surface area contributed by atoms with Crippen molar-refractivity contribution in [2.45, 2.75) is 50.8 Å². The van der Waals surface area contributed by atoms with Crippen LogP contribution in [0.3, 0.4) is 0 Å². The lowest BCUT2D eigenvalue weighted by atomic mass is 10.0. The molecule has 1 aliphatic carbocycles. The van der Waals surface area contributed by atoms with Gasteiger partial charge in [-0.2, -0.15) is 0 Å². The number of hydrogen-bond donors (Lipinski definition) is 1. The predicted molar refractivity (Wildman–Crippen MR) is 87.4 cm³/mol. The number of benzene rings is 1. The molecule has 0 spiro atoms. The van der Waals surface area contributed by atoms with Gasteiger partial charge in [0.25, 0.3) is 0 Å². The molecule has 0 radical (unpaired) electrons. The smallest absolute Gasteiger partial charge is 0.0514 e. The van der Waals surface area contributed by atoms with Crippen molar-refractivity contribution in [2.75, 3.05) is 12.8 Å². The zero-order chi connectivity index (χ0) is 14.5. The quantitative estimate of drug-likeness (QED) is 0.868. The summed E-state index contributed by atoms with van der Waals surface area (Å²) in [5, 5.41) is 3.51. The molecule has 112 valence electrons. The van der Waals surface area contributed by atoms with E-state index in [1.807, 2.05) is 7.05 Å². The predicted octanol–water partition coefficient (Wildman–Crippen LogP) is 3.58. The molecule has 3 atom stereocenters. The summed E-state index contributed by atoms with van der Waals surface area (Å²) < 4.78 is 12.6. The maximum absolute atomic E-state index is 12.6. The van der Waals surface area contributed by atoms with Gasteiger partial charge in [-0.3, -0.25) is 4.21 Å². The van der Waals surface area contributed by atoms with E-state index >= 15 is 0 Å². The lowest BCUT2D eigenvalue weighted by molar-refractivity contribution is 0.556. The fraction of sp³-hybridized carbons (Fsp3) is 0.647. The van der Waals surface area contributed by atoms with Crippen LogP contribution in [0.25, 0.3) is 0 Å². The van der Waals surface area contributed by atoms with Crippen molar-refractivity contribution in [1.82, 2.24) is 5.32 Å². The minimum atomic E-state index is -0.753. The molecule has 1 saturated carbocycles. The Labute approximate surface area is 125 Å². The summed E-state index contributed by atoms with van der Waals surface area (Å²) >= 11 is 0. The van der Waals surface area contributed by atoms with Crippen molar-refractivity contribution in [3.63, 3.8) is 0 Å². The molecule has 1 aromatic rings. The molecule has 20 heavy (non-hydrogen) atoms. The fourth-order valence-corrected chi connectivity index (χ4v) is 4.86. The molecule has 0 aliphatic heterocycles. The Balaban J connectivity index is 2.02. The molecule has 2 rings (SSSR count). The largest absolute Gasteiger partial charge is 0.312 e. The van der Waals surface area contributed by atoms with E-state index in [-0.39, 0.29) is 11.3 Å². The van der Waals surface area contributed by atoms with E-state index in [2.05, 4.69) is 43.4 Å². The molecule has 0 aromatic heterocycles. The van der Waals surface area contributed by atoms with Gasteiger partial charge in [-0.1, -0.05) is 42.7 Å². The van der Waals surface area contributed by atoms with Gasteiger partial charge in [-0.15, -0.1) is 0 Å². The van der Waals surface area contributed by atoms with Crippen LogP contribution in [0.4, 0.5) is 0 Å². The van der Waals surface area contributed by atoms with E-state index in [4.69, 9.17) is 0 Å². The second-order valence-electron chi connectivity index (χ2n) is 6.08. The minimum absolute atomic E-state index is 0.156. The van der Waals surface area contributed by atoms with Crippen LogP contribution >= 0.6 is 0 Å². The standard InChI is InChI=1S/C17H27NOS/c1-13-8-10-16(11-9-13)17(18-3)14(2)20(19)12-15-6-4-5-7-15/h8-11,14-15,17-18H,4-7,12H2,1-3H3. The van der Waals surface area contributed by atoms with Gasteiger partial charge in [0.1, 0.15) is 0 Å². The summed E-state index contributed by atoms with van der Waals surface area (Å²) in [4.78, 5) is 0. The van der Waals surface area contributed by atoms with Crippen molar-refractivity contribution in [2.24, 2.45) is 5.92 Å². The van der Waals surface area contributed by atoms with E-state index in [9.17, 15) is 4.21 Å². The maximum Gasteiger partial charge on any atom is 0.0514 e. The lowest BCUT2D eigenvalue weighted by Gasteiger charge is -2.25. The normalized spacial score (nSPS) is 20.8. The second kappa shape index (κ2) is 7.37. The summed E-state index contributed by atoms with van der Waals surface area (Å²) in [5.74, 6) is 1.57. The SMILES string of the molecule is CNC(c1ccc(C)cc1)C(C)S(=O)CC1CCCC1. The Morgan fingerprint density at radius 1 is 1.25 bits per heavy atom. The van der Waals surface area contributed by atoms with E-state index < -0.39 is 10.8 Å². The molecular weight excluding hydrogens is 266 g/mol. The number of hydrogen-bond acceptors (Lipinski definition) is 2. The van der Waals surface area contributed by atoms with Crippen molar-refractivity contribution >= 4 is 10.8 Å². The van der Waals surface area contributed by atoms with Crippen LogP contribution in [0.15, 0.2) is 24.3 Å². The van der Waals surface area contributed by atoms with Crippen LogP contribution in [0, 0.1) is 12.8 Å². The first-order valence-electron chi connectivity index (χ1n) is 7.73. The molecule has 1 aliphatic rings. The second-order valence-corrected chi connectivity index (χ2v) is 7.92. The molecule has 2 nitrogen and oxygen atoms in total. The number of rotatable bonds is 6. The Bertz CT molecular complexity index is 437. The van der Waals surface area contributed by atoms with Gasteiger partial charge >= 0.3 is 0 Å². The average molecular weight is 293 g/mol. The highest BCUT2D eigenvalue weighted by Gasteiger charge is 2.26. The molecule has 3 heteroatoms. The summed E-state index contributed by atoms with van der Waals surface area (Å²) in [6, 6.07) is 8.75. The van der Waals surface area contributed by atoms with Crippen LogP contribution in [0.1, 0.15) is 49.8 Å². The average Bonchev–Trinajstić information content (AvgIpc) is 2.94. The van der Waals surface area contributed by atoms with Crippen molar-refractivity contribution < 1.29 is 4.21 Å². The Kier molecular flexibility index (Phi) is 5.79. The highest BCUT2D eigenvalue weighted by Crippen LogP contribution is 2.28. The highest BCUT2D eigenvalue weighted by molar-refractivity contribution is 7.85. The summed E-state index contributed by atoms with van der Waals surface area (Å²) in [6.07, 6.45) is 5.19. The molecule has 0 heterocycles. The zero-order valence-corrected chi connectivity index (χ0v) is 13.7. The van der Waals surface area contributed by atoms with Crippen molar-refractivity contribution in [1.29, 1.82) is 0 Å². The van der Waals surface area contributed by atoms with Crippen LogP contribution in [0.5, 0.6) is 0 Å². The van der Waals surface area contributed by atoms with E-state index in [1.165, 1.54) is 36.8 Å². The third-order valence-electron chi connectivity index (χ3n) is 4.51. The maximum atomic E-state index is 12.6. The zero-order valence-electron chi connectivity index (χ0n) is 12.9. The number of aryl methyl sites for hydroxylation is 1. The Morgan fingerprint density at radius 3 is 2.40 bits per heavy atom. The molecule has 1 fully saturated rings. The van der Waals surface area contributed by atoms with Gasteiger partial charge in [-0.05, 0) is 45.2 Å². The summed E-state index contributed by atoms with van der Waals surface area (Å²) in [6.45, 7) is 4.21. The first-order chi connectivity index (χ1) is 9.61. The third kappa shape index (κ3) is 3.92. The molecule has 1 aromatic carbocycles. The Hall–Kier alpha value is -0.670. The van der Waals surface area contributed by atoms with Crippen molar-refractivity contribution in [3.05, 3.63) is 35.4 Å². The monoisotopic (exact) mass is 293 g/mol. The summed E-state index contributed by atoms with van der Waals surface area (Å²) in [7, 11) is 1.21. The van der Waals surface area contributed by atoms with Crippen LogP contribution < -0.4 is 5.32 Å². The fourth-order valence-electron chi connectivity index (χ4n) is 3.16. The van der Waals surface area contributed by atoms with Crippen LogP contribution in [0.2, 0.25) is 0 Å². The van der Waals surface area contributed by atoms with E-state index in [1.54, 1.807) is 0 Å². The Morgan fingerprint density at radius 2 is 1.85 bits per heavy atom. The minimum Gasteiger partial charge on any atom is -0.312 e. The lowest BCUT2D eigenvalue weighted by Crippen LogP contribution is -2.32. The first-order valence-corrected chi connectivity index (χ1v) is 9.11. The molecule has 3 unspecified atom stereocenters. The van der Waals surface area contributed by atoms with Crippen LogP contribution in [-0.2, 0) is 10.8 Å². The van der Waals surface area contributed by atoms with Crippen LogP contribution in [-0.4, -0.2) is 22.3 Å². The van der Waals surface area contributed by atoms with Gasteiger partial charge in [0, 0.05) is 22.6 Å². The highest BCUT2D eigenvalue weighted by atomic mass is 32.2. The molecular formula is C17H27NOS.